The molecular weight excluding hydrogens is 310 g/mol. The Morgan fingerprint density at radius 1 is 1.04 bits per heavy atom. The predicted molar refractivity (Wildman–Crippen MR) is 97.7 cm³/mol. The molecule has 1 aliphatic carbocycles. The van der Waals surface area contributed by atoms with E-state index >= 15 is 0 Å². The predicted octanol–water partition coefficient (Wildman–Crippen LogP) is 3.01. The summed E-state index contributed by atoms with van der Waals surface area (Å²) in [6.45, 7) is 0.736. The molecule has 2 N–H and O–H groups in total. The van der Waals surface area contributed by atoms with E-state index in [2.05, 4.69) is 44.8 Å². The lowest BCUT2D eigenvalue weighted by Gasteiger charge is -2.10. The number of benzene rings is 2. The van der Waals surface area contributed by atoms with Gasteiger partial charge in [-0.2, -0.15) is 15.0 Å². The third-order valence-electron chi connectivity index (χ3n) is 4.90. The van der Waals surface area contributed by atoms with Crippen molar-refractivity contribution >= 4 is 10.9 Å². The number of rotatable bonds is 4. The number of hydrogen-bond acceptors (Lipinski definition) is 3. The molecule has 25 heavy (non-hydrogen) atoms. The van der Waals surface area contributed by atoms with Crippen LogP contribution < -0.4 is 5.32 Å². The second-order valence-corrected chi connectivity index (χ2v) is 6.57. The summed E-state index contributed by atoms with van der Waals surface area (Å²) in [6.07, 6.45) is 3.94. The molecule has 0 fully saturated rings. The fourth-order valence-corrected chi connectivity index (χ4v) is 3.68. The third kappa shape index (κ3) is 2.62. The van der Waals surface area contributed by atoms with Gasteiger partial charge in [0.1, 0.15) is 0 Å². The van der Waals surface area contributed by atoms with Gasteiger partial charge < -0.3 is 10.3 Å². The third-order valence-corrected chi connectivity index (χ3v) is 4.90. The molecule has 5 heteroatoms. The maximum atomic E-state index is 4.56. The lowest BCUT2D eigenvalue weighted by Crippen LogP contribution is -2.29. The summed E-state index contributed by atoms with van der Waals surface area (Å²) in [4.78, 5) is 5.24. The maximum Gasteiger partial charge on any atom is 0.0969 e. The normalized spacial score (nSPS) is 16.4. The largest absolute Gasteiger partial charge is 0.358 e. The van der Waals surface area contributed by atoms with E-state index in [1.807, 2.05) is 36.5 Å². The summed E-state index contributed by atoms with van der Waals surface area (Å²) in [7, 11) is 0. The Morgan fingerprint density at radius 2 is 1.88 bits per heavy atom. The minimum Gasteiger partial charge on any atom is -0.358 e. The zero-order chi connectivity index (χ0) is 16.6. The van der Waals surface area contributed by atoms with E-state index in [-0.39, 0.29) is 0 Å². The summed E-state index contributed by atoms with van der Waals surface area (Å²) in [5.74, 6) is 0. The topological polar surface area (TPSA) is 58.5 Å². The average Bonchev–Trinajstić information content (AvgIpc) is 3.35. The van der Waals surface area contributed by atoms with Gasteiger partial charge in [-0.05, 0) is 30.2 Å². The number of nitrogens with zero attached hydrogens (tertiary/aromatic N) is 3. The standard InChI is InChI=1S/C20H19N5/c1-2-6-16(7-3-1)25-22-13-15(24-25)12-21-14-10-18-17-8-4-5-9-19(17)23-20(18)11-14/h1-9,13-14,21,23H,10-12H2. The highest BCUT2D eigenvalue weighted by Gasteiger charge is 2.25. The Labute approximate surface area is 145 Å². The van der Waals surface area contributed by atoms with E-state index in [1.165, 1.54) is 22.2 Å². The number of fused-ring (bicyclic) bond motifs is 3. The van der Waals surface area contributed by atoms with Crippen LogP contribution in [0.1, 0.15) is 17.0 Å². The van der Waals surface area contributed by atoms with Gasteiger partial charge >= 0.3 is 0 Å². The van der Waals surface area contributed by atoms with Gasteiger partial charge in [0, 0.05) is 35.6 Å². The summed E-state index contributed by atoms with van der Waals surface area (Å²) in [6, 6.07) is 19.0. The van der Waals surface area contributed by atoms with Crippen molar-refractivity contribution in [1.29, 1.82) is 0 Å². The molecule has 1 atom stereocenters. The van der Waals surface area contributed by atoms with E-state index in [1.54, 1.807) is 4.80 Å². The highest BCUT2D eigenvalue weighted by molar-refractivity contribution is 5.85. The Morgan fingerprint density at radius 3 is 2.80 bits per heavy atom. The van der Waals surface area contributed by atoms with Crippen LogP contribution in [0.15, 0.2) is 60.8 Å². The molecule has 0 spiro atoms. The molecule has 0 radical (unpaired) electrons. The molecule has 1 unspecified atom stereocenters. The van der Waals surface area contributed by atoms with Gasteiger partial charge in [-0.25, -0.2) is 0 Å². The zero-order valence-electron chi connectivity index (χ0n) is 13.8. The Hall–Kier alpha value is -2.92. The first-order valence-corrected chi connectivity index (χ1v) is 8.65. The monoisotopic (exact) mass is 329 g/mol. The van der Waals surface area contributed by atoms with Crippen LogP contribution in [-0.4, -0.2) is 26.0 Å². The molecule has 5 rings (SSSR count). The molecule has 4 aromatic rings. The highest BCUT2D eigenvalue weighted by atomic mass is 15.5. The van der Waals surface area contributed by atoms with Crippen molar-refractivity contribution in [1.82, 2.24) is 25.3 Å². The number of hydrogen-bond donors (Lipinski definition) is 2. The van der Waals surface area contributed by atoms with Crippen molar-refractivity contribution < 1.29 is 0 Å². The van der Waals surface area contributed by atoms with Crippen LogP contribution in [0, 0.1) is 0 Å². The fourth-order valence-electron chi connectivity index (χ4n) is 3.68. The Balaban J connectivity index is 1.26. The highest BCUT2D eigenvalue weighted by Crippen LogP contribution is 2.29. The molecule has 0 saturated heterocycles. The quantitative estimate of drug-likeness (QED) is 0.605. The summed E-state index contributed by atoms with van der Waals surface area (Å²) < 4.78 is 0. The number of nitrogens with one attached hydrogen (secondary N) is 2. The van der Waals surface area contributed by atoms with Crippen molar-refractivity contribution in [2.45, 2.75) is 25.4 Å². The van der Waals surface area contributed by atoms with Gasteiger partial charge in [-0.15, -0.1) is 0 Å². The van der Waals surface area contributed by atoms with E-state index in [4.69, 9.17) is 0 Å². The van der Waals surface area contributed by atoms with E-state index in [0.717, 1.165) is 30.8 Å². The number of H-pyrrole nitrogens is 1. The molecule has 0 saturated carbocycles. The van der Waals surface area contributed by atoms with E-state index in [9.17, 15) is 0 Å². The second-order valence-electron chi connectivity index (χ2n) is 6.57. The smallest absolute Gasteiger partial charge is 0.0969 e. The number of aromatic nitrogens is 4. The minimum atomic E-state index is 0.452. The molecule has 0 amide bonds. The van der Waals surface area contributed by atoms with Gasteiger partial charge in [0.05, 0.1) is 17.6 Å². The first-order chi connectivity index (χ1) is 12.4. The van der Waals surface area contributed by atoms with Crippen molar-refractivity contribution in [3.8, 4) is 5.69 Å². The van der Waals surface area contributed by atoms with Gasteiger partial charge in [0.2, 0.25) is 0 Å². The molecule has 2 aromatic carbocycles. The average molecular weight is 329 g/mol. The lowest BCUT2D eigenvalue weighted by molar-refractivity contribution is 0.524. The van der Waals surface area contributed by atoms with Crippen LogP contribution in [0.4, 0.5) is 0 Å². The molecule has 124 valence electrons. The van der Waals surface area contributed by atoms with Crippen LogP contribution in [0.5, 0.6) is 0 Å². The van der Waals surface area contributed by atoms with Crippen molar-refractivity contribution in [2.75, 3.05) is 0 Å². The van der Waals surface area contributed by atoms with Gasteiger partial charge in [-0.1, -0.05) is 36.4 Å². The second kappa shape index (κ2) is 5.86. The van der Waals surface area contributed by atoms with Crippen molar-refractivity contribution in [2.24, 2.45) is 0 Å². The minimum absolute atomic E-state index is 0.452. The molecule has 5 nitrogen and oxygen atoms in total. The van der Waals surface area contributed by atoms with Gasteiger partial charge in [-0.3, -0.25) is 0 Å². The molecular formula is C20H19N5. The fraction of sp³-hybridized carbons (Fsp3) is 0.200. The van der Waals surface area contributed by atoms with Crippen LogP contribution in [0.3, 0.4) is 0 Å². The van der Waals surface area contributed by atoms with E-state index in [0.29, 0.717) is 6.04 Å². The molecule has 2 aromatic heterocycles. The molecule has 0 bridgehead atoms. The summed E-state index contributed by atoms with van der Waals surface area (Å²) in [5.41, 5.74) is 6.02. The summed E-state index contributed by atoms with van der Waals surface area (Å²) >= 11 is 0. The zero-order valence-corrected chi connectivity index (χ0v) is 13.8. The lowest BCUT2D eigenvalue weighted by atomic mass is 10.1. The Bertz CT molecular complexity index is 1010. The number of para-hydroxylation sites is 2. The Kier molecular flexibility index (Phi) is 3.38. The van der Waals surface area contributed by atoms with Crippen molar-refractivity contribution in [3.05, 3.63) is 77.7 Å². The first kappa shape index (κ1) is 14.4. The van der Waals surface area contributed by atoms with Crippen molar-refractivity contribution in [3.63, 3.8) is 0 Å². The van der Waals surface area contributed by atoms with Gasteiger partial charge in [0.25, 0.3) is 0 Å². The first-order valence-electron chi connectivity index (χ1n) is 8.65. The molecule has 2 heterocycles. The molecule has 1 aliphatic rings. The van der Waals surface area contributed by atoms with Gasteiger partial charge in [0.15, 0.2) is 0 Å². The van der Waals surface area contributed by atoms with Crippen LogP contribution in [0.2, 0.25) is 0 Å². The molecule has 0 aliphatic heterocycles. The van der Waals surface area contributed by atoms with Crippen LogP contribution in [-0.2, 0) is 19.4 Å². The van der Waals surface area contributed by atoms with Crippen LogP contribution in [0.25, 0.3) is 16.6 Å². The van der Waals surface area contributed by atoms with Crippen LogP contribution >= 0.6 is 0 Å². The SMILES string of the molecule is c1ccc(-n2ncc(CNC3Cc4[nH]c5ccccc5c4C3)n2)cc1. The summed E-state index contributed by atoms with van der Waals surface area (Å²) in [5, 5.41) is 13.9. The number of aromatic amines is 1. The maximum absolute atomic E-state index is 4.56. The van der Waals surface area contributed by atoms with E-state index < -0.39 is 0 Å².